The van der Waals surface area contributed by atoms with E-state index in [0.717, 1.165) is 37.4 Å². The van der Waals surface area contributed by atoms with Crippen LogP contribution in [0, 0.1) is 0 Å². The fraction of sp³-hybridized carbons (Fsp3) is 0.450. The third-order valence-corrected chi connectivity index (χ3v) is 5.70. The van der Waals surface area contributed by atoms with E-state index in [1.54, 1.807) is 25.6 Å². The first-order valence-electron chi connectivity index (χ1n) is 8.90. The van der Waals surface area contributed by atoms with Crippen LogP contribution in [0.4, 0.5) is 0 Å². The van der Waals surface area contributed by atoms with Crippen molar-refractivity contribution in [2.45, 2.75) is 26.4 Å². The molecule has 0 bridgehead atoms. The number of methoxy groups -OCH3 is 2. The van der Waals surface area contributed by atoms with E-state index in [1.807, 2.05) is 17.0 Å². The normalized spacial score (nSPS) is 13.6. The number of rotatable bonds is 7. The molecule has 1 aromatic carbocycles. The van der Waals surface area contributed by atoms with Gasteiger partial charge >= 0.3 is 0 Å². The summed E-state index contributed by atoms with van der Waals surface area (Å²) in [6, 6.07) is 8.20. The fourth-order valence-electron chi connectivity index (χ4n) is 3.29. The number of ether oxygens (including phenoxy) is 2. The molecule has 0 atom stereocenters. The SMILES string of the molecule is CCN(CC(=O)N1CCc2cc(OC)c(OC)cc2C1)Cc1cccs1. The van der Waals surface area contributed by atoms with Crippen molar-refractivity contribution >= 4 is 17.2 Å². The zero-order valence-electron chi connectivity index (χ0n) is 15.7. The summed E-state index contributed by atoms with van der Waals surface area (Å²) in [5.74, 6) is 1.65. The smallest absolute Gasteiger partial charge is 0.237 e. The Balaban J connectivity index is 1.66. The Labute approximate surface area is 159 Å². The molecular weight excluding hydrogens is 348 g/mol. The van der Waals surface area contributed by atoms with E-state index in [1.165, 1.54) is 10.4 Å². The van der Waals surface area contributed by atoms with Gasteiger partial charge in [0.15, 0.2) is 11.5 Å². The van der Waals surface area contributed by atoms with E-state index in [0.29, 0.717) is 18.8 Å². The lowest BCUT2D eigenvalue weighted by Crippen LogP contribution is -2.42. The standard InChI is InChI=1S/C20H26N2O3S/c1-4-21(13-17-6-5-9-26-17)14-20(23)22-8-7-15-10-18(24-2)19(25-3)11-16(15)12-22/h5-6,9-11H,4,7-8,12-14H2,1-3H3. The lowest BCUT2D eigenvalue weighted by atomic mass is 9.98. The maximum atomic E-state index is 12.8. The molecular formula is C20H26N2O3S. The molecule has 0 spiro atoms. The molecule has 1 aliphatic heterocycles. The van der Waals surface area contributed by atoms with E-state index < -0.39 is 0 Å². The van der Waals surface area contributed by atoms with Crippen LogP contribution in [0.15, 0.2) is 29.6 Å². The summed E-state index contributed by atoms with van der Waals surface area (Å²) in [6.07, 6.45) is 0.846. The second-order valence-electron chi connectivity index (χ2n) is 6.42. The van der Waals surface area contributed by atoms with Crippen LogP contribution in [0.2, 0.25) is 0 Å². The highest BCUT2D eigenvalue weighted by Gasteiger charge is 2.24. The summed E-state index contributed by atoms with van der Waals surface area (Å²) in [5.41, 5.74) is 2.38. The average molecular weight is 375 g/mol. The van der Waals surface area contributed by atoms with Crippen LogP contribution in [0.1, 0.15) is 22.9 Å². The van der Waals surface area contributed by atoms with Crippen LogP contribution in [-0.2, 0) is 24.3 Å². The maximum absolute atomic E-state index is 12.8. The molecule has 3 rings (SSSR count). The van der Waals surface area contributed by atoms with Crippen LogP contribution >= 0.6 is 11.3 Å². The van der Waals surface area contributed by atoms with E-state index in [4.69, 9.17) is 9.47 Å². The number of carbonyl (C=O) groups excluding carboxylic acids is 1. The number of fused-ring (bicyclic) bond motifs is 1. The molecule has 6 heteroatoms. The minimum Gasteiger partial charge on any atom is -0.493 e. The molecule has 0 saturated carbocycles. The van der Waals surface area contributed by atoms with E-state index in [-0.39, 0.29) is 5.91 Å². The van der Waals surface area contributed by atoms with Crippen molar-refractivity contribution < 1.29 is 14.3 Å². The van der Waals surface area contributed by atoms with Crippen LogP contribution in [-0.4, -0.2) is 49.6 Å². The molecule has 1 aliphatic rings. The molecule has 0 radical (unpaired) electrons. The number of amides is 1. The Kier molecular flexibility index (Phi) is 6.16. The van der Waals surface area contributed by atoms with Crippen LogP contribution in [0.5, 0.6) is 11.5 Å². The molecule has 2 heterocycles. The zero-order valence-corrected chi connectivity index (χ0v) is 16.5. The highest BCUT2D eigenvalue weighted by molar-refractivity contribution is 7.09. The van der Waals surface area contributed by atoms with Crippen LogP contribution in [0.3, 0.4) is 0 Å². The summed E-state index contributed by atoms with van der Waals surface area (Å²) in [5, 5.41) is 2.08. The van der Waals surface area contributed by atoms with Crippen molar-refractivity contribution in [2.75, 3.05) is 33.9 Å². The molecule has 0 saturated heterocycles. The molecule has 0 unspecified atom stereocenters. The van der Waals surface area contributed by atoms with Gasteiger partial charge in [0.25, 0.3) is 0 Å². The number of benzene rings is 1. The van der Waals surface area contributed by atoms with Crippen molar-refractivity contribution in [3.05, 3.63) is 45.6 Å². The topological polar surface area (TPSA) is 42.0 Å². The Morgan fingerprint density at radius 1 is 1.23 bits per heavy atom. The fourth-order valence-corrected chi connectivity index (χ4v) is 4.04. The summed E-state index contributed by atoms with van der Waals surface area (Å²) >= 11 is 1.74. The summed E-state index contributed by atoms with van der Waals surface area (Å²) in [7, 11) is 3.29. The van der Waals surface area contributed by atoms with Gasteiger partial charge in [0, 0.05) is 24.5 Å². The molecule has 1 aromatic heterocycles. The number of thiophene rings is 1. The predicted molar refractivity (Wildman–Crippen MR) is 104 cm³/mol. The number of nitrogens with zero attached hydrogens (tertiary/aromatic N) is 2. The predicted octanol–water partition coefficient (Wildman–Crippen LogP) is 3.17. The van der Waals surface area contributed by atoms with Crippen LogP contribution < -0.4 is 9.47 Å². The number of likely N-dealkylation sites (N-methyl/N-ethyl adjacent to an activating group) is 1. The minimum absolute atomic E-state index is 0.184. The molecule has 5 nitrogen and oxygen atoms in total. The quantitative estimate of drug-likeness (QED) is 0.747. The Morgan fingerprint density at radius 3 is 2.58 bits per heavy atom. The summed E-state index contributed by atoms with van der Waals surface area (Å²) in [6.45, 7) is 5.62. The zero-order chi connectivity index (χ0) is 18.5. The highest BCUT2D eigenvalue weighted by Crippen LogP contribution is 2.33. The summed E-state index contributed by atoms with van der Waals surface area (Å²) < 4.78 is 10.8. The lowest BCUT2D eigenvalue weighted by molar-refractivity contribution is -0.133. The first kappa shape index (κ1) is 18.7. The van der Waals surface area contributed by atoms with Crippen molar-refractivity contribution in [3.8, 4) is 11.5 Å². The Hall–Kier alpha value is -2.05. The van der Waals surface area contributed by atoms with Crippen molar-refractivity contribution in [1.29, 1.82) is 0 Å². The molecule has 0 aliphatic carbocycles. The van der Waals surface area contributed by atoms with Gasteiger partial charge in [0.05, 0.1) is 20.8 Å². The van der Waals surface area contributed by atoms with Gasteiger partial charge < -0.3 is 14.4 Å². The van der Waals surface area contributed by atoms with E-state index >= 15 is 0 Å². The van der Waals surface area contributed by atoms with E-state index in [9.17, 15) is 4.79 Å². The van der Waals surface area contributed by atoms with Gasteiger partial charge in [0.2, 0.25) is 5.91 Å². The minimum atomic E-state index is 0.184. The van der Waals surface area contributed by atoms with Crippen LogP contribution in [0.25, 0.3) is 0 Å². The van der Waals surface area contributed by atoms with Gasteiger partial charge in [-0.05, 0) is 47.7 Å². The highest BCUT2D eigenvalue weighted by atomic mass is 32.1. The lowest BCUT2D eigenvalue weighted by Gasteiger charge is -2.31. The van der Waals surface area contributed by atoms with Gasteiger partial charge in [0.1, 0.15) is 0 Å². The maximum Gasteiger partial charge on any atom is 0.237 e. The van der Waals surface area contributed by atoms with Gasteiger partial charge in [-0.3, -0.25) is 9.69 Å². The van der Waals surface area contributed by atoms with Gasteiger partial charge in [-0.2, -0.15) is 0 Å². The van der Waals surface area contributed by atoms with E-state index in [2.05, 4.69) is 29.3 Å². The molecule has 140 valence electrons. The number of carbonyl (C=O) groups is 1. The average Bonchev–Trinajstić information content (AvgIpc) is 3.18. The number of hydrogen-bond acceptors (Lipinski definition) is 5. The molecule has 1 amide bonds. The third-order valence-electron chi connectivity index (χ3n) is 4.84. The second-order valence-corrected chi connectivity index (χ2v) is 7.46. The molecule has 0 N–H and O–H groups in total. The summed E-state index contributed by atoms with van der Waals surface area (Å²) in [4.78, 5) is 18.2. The van der Waals surface area contributed by atoms with Gasteiger partial charge in [-0.15, -0.1) is 11.3 Å². The first-order chi connectivity index (χ1) is 12.6. The molecule has 0 fully saturated rings. The Bertz CT molecular complexity index is 746. The third kappa shape index (κ3) is 4.19. The largest absolute Gasteiger partial charge is 0.493 e. The number of hydrogen-bond donors (Lipinski definition) is 0. The van der Waals surface area contributed by atoms with Crippen molar-refractivity contribution in [3.63, 3.8) is 0 Å². The monoisotopic (exact) mass is 374 g/mol. The first-order valence-corrected chi connectivity index (χ1v) is 9.78. The Morgan fingerprint density at radius 2 is 1.96 bits per heavy atom. The van der Waals surface area contributed by atoms with Crippen molar-refractivity contribution in [2.24, 2.45) is 0 Å². The molecule has 2 aromatic rings. The van der Waals surface area contributed by atoms with Gasteiger partial charge in [-0.1, -0.05) is 13.0 Å². The van der Waals surface area contributed by atoms with Crippen molar-refractivity contribution in [1.82, 2.24) is 9.80 Å². The second kappa shape index (κ2) is 8.56. The molecule has 26 heavy (non-hydrogen) atoms. The van der Waals surface area contributed by atoms with Gasteiger partial charge in [-0.25, -0.2) is 0 Å².